The van der Waals surface area contributed by atoms with E-state index in [1.165, 1.54) is 0 Å². The van der Waals surface area contributed by atoms with E-state index in [0.717, 1.165) is 11.5 Å². The number of rotatable bonds is 0. The van der Waals surface area contributed by atoms with Gasteiger partial charge in [-0.2, -0.15) is 0 Å². The van der Waals surface area contributed by atoms with Gasteiger partial charge in [-0.25, -0.2) is 5.01 Å². The van der Waals surface area contributed by atoms with Crippen LogP contribution < -0.4 is 0 Å². The predicted octanol–water partition coefficient (Wildman–Crippen LogP) is 0.742. The van der Waals surface area contributed by atoms with Gasteiger partial charge >= 0.3 is 0 Å². The summed E-state index contributed by atoms with van der Waals surface area (Å²) in [6, 6.07) is 0. The molecule has 1 aliphatic rings. The largest absolute Gasteiger partial charge is 0.302 e. The van der Waals surface area contributed by atoms with Crippen molar-refractivity contribution in [3.05, 3.63) is 0 Å². The standard InChI is InChI=1S/C6H12N2S/c1-5-4-7(2)8(3)6(5)9/h5H,4H2,1-3H3. The third-order valence-electron chi connectivity index (χ3n) is 1.79. The molecule has 2 nitrogen and oxygen atoms in total. The van der Waals surface area contributed by atoms with Crippen LogP contribution in [0.15, 0.2) is 0 Å². The van der Waals surface area contributed by atoms with Crippen LogP contribution in [0.2, 0.25) is 0 Å². The molecule has 0 saturated carbocycles. The zero-order chi connectivity index (χ0) is 7.02. The van der Waals surface area contributed by atoms with Crippen molar-refractivity contribution in [3.63, 3.8) is 0 Å². The fourth-order valence-electron chi connectivity index (χ4n) is 1.08. The molecule has 0 aromatic heterocycles. The van der Waals surface area contributed by atoms with Crippen molar-refractivity contribution in [1.82, 2.24) is 10.0 Å². The maximum Gasteiger partial charge on any atom is 0.0962 e. The van der Waals surface area contributed by atoms with Gasteiger partial charge in [0, 0.05) is 26.6 Å². The van der Waals surface area contributed by atoms with E-state index in [9.17, 15) is 0 Å². The molecule has 0 bridgehead atoms. The number of nitrogens with zero attached hydrogens (tertiary/aromatic N) is 2. The smallest absolute Gasteiger partial charge is 0.0962 e. The third-order valence-corrected chi connectivity index (χ3v) is 2.46. The van der Waals surface area contributed by atoms with E-state index in [2.05, 4.69) is 19.0 Å². The second kappa shape index (κ2) is 2.23. The molecule has 1 unspecified atom stereocenters. The Kier molecular flexibility index (Phi) is 1.73. The van der Waals surface area contributed by atoms with Gasteiger partial charge in [-0.05, 0) is 0 Å². The van der Waals surface area contributed by atoms with Gasteiger partial charge in [-0.3, -0.25) is 0 Å². The lowest BCUT2D eigenvalue weighted by molar-refractivity contribution is 0.141. The van der Waals surface area contributed by atoms with Crippen molar-refractivity contribution in [2.75, 3.05) is 20.6 Å². The molecular formula is C6H12N2S. The van der Waals surface area contributed by atoms with Gasteiger partial charge in [0.1, 0.15) is 0 Å². The van der Waals surface area contributed by atoms with Crippen LogP contribution >= 0.6 is 12.2 Å². The summed E-state index contributed by atoms with van der Waals surface area (Å²) in [5.74, 6) is 0.551. The first kappa shape index (κ1) is 6.96. The van der Waals surface area contributed by atoms with Crippen molar-refractivity contribution in [2.45, 2.75) is 6.92 Å². The summed E-state index contributed by atoms with van der Waals surface area (Å²) in [5.41, 5.74) is 0. The quantitative estimate of drug-likeness (QED) is 0.463. The van der Waals surface area contributed by atoms with Gasteiger partial charge < -0.3 is 5.01 Å². The van der Waals surface area contributed by atoms with Gasteiger partial charge in [0.15, 0.2) is 0 Å². The second-order valence-electron chi connectivity index (χ2n) is 2.60. The average Bonchev–Trinajstić information content (AvgIpc) is 1.98. The summed E-state index contributed by atoms with van der Waals surface area (Å²) >= 11 is 5.13. The maximum absolute atomic E-state index is 5.13. The molecule has 1 fully saturated rings. The SMILES string of the molecule is CC1CN(C)N(C)C1=S. The van der Waals surface area contributed by atoms with Crippen LogP contribution in [-0.2, 0) is 0 Å². The zero-order valence-electron chi connectivity index (χ0n) is 6.09. The molecule has 1 rings (SSSR count). The molecule has 1 heterocycles. The van der Waals surface area contributed by atoms with Gasteiger partial charge in [0.05, 0.1) is 4.99 Å². The summed E-state index contributed by atoms with van der Waals surface area (Å²) in [5, 5.41) is 4.16. The highest BCUT2D eigenvalue weighted by Gasteiger charge is 2.25. The maximum atomic E-state index is 5.13. The monoisotopic (exact) mass is 144 g/mol. The molecule has 0 aliphatic carbocycles. The minimum atomic E-state index is 0.551. The lowest BCUT2D eigenvalue weighted by atomic mass is 10.2. The Morgan fingerprint density at radius 2 is 2.11 bits per heavy atom. The van der Waals surface area contributed by atoms with Crippen LogP contribution in [0.5, 0.6) is 0 Å². The van der Waals surface area contributed by atoms with Gasteiger partial charge in [-0.15, -0.1) is 0 Å². The zero-order valence-corrected chi connectivity index (χ0v) is 6.90. The summed E-state index contributed by atoms with van der Waals surface area (Å²) in [7, 11) is 4.06. The summed E-state index contributed by atoms with van der Waals surface area (Å²) in [6.45, 7) is 3.22. The van der Waals surface area contributed by atoms with E-state index in [1.807, 2.05) is 12.1 Å². The first-order valence-electron chi connectivity index (χ1n) is 3.11. The van der Waals surface area contributed by atoms with Gasteiger partial charge in [0.2, 0.25) is 0 Å². The van der Waals surface area contributed by atoms with Crippen LogP contribution in [0.3, 0.4) is 0 Å². The second-order valence-corrected chi connectivity index (χ2v) is 3.02. The average molecular weight is 144 g/mol. The fraction of sp³-hybridized carbons (Fsp3) is 0.833. The lowest BCUT2D eigenvalue weighted by Crippen LogP contribution is -2.31. The van der Waals surface area contributed by atoms with E-state index in [-0.39, 0.29) is 0 Å². The first-order chi connectivity index (χ1) is 4.13. The highest BCUT2D eigenvalue weighted by atomic mass is 32.1. The molecule has 1 saturated heterocycles. The van der Waals surface area contributed by atoms with Crippen LogP contribution in [0.25, 0.3) is 0 Å². The predicted molar refractivity (Wildman–Crippen MR) is 42.2 cm³/mol. The lowest BCUT2D eigenvalue weighted by Gasteiger charge is -2.19. The molecule has 1 atom stereocenters. The Labute approximate surface area is 61.4 Å². The molecule has 52 valence electrons. The molecule has 9 heavy (non-hydrogen) atoms. The Hall–Kier alpha value is -0.150. The molecule has 0 radical (unpaired) electrons. The van der Waals surface area contributed by atoms with Crippen molar-refractivity contribution in [3.8, 4) is 0 Å². The molecule has 3 heteroatoms. The number of thiocarbonyl (C=S) groups is 1. The minimum absolute atomic E-state index is 0.551. The summed E-state index contributed by atoms with van der Waals surface area (Å²) in [4.78, 5) is 1.05. The molecule has 0 aromatic carbocycles. The molecule has 1 aliphatic heterocycles. The van der Waals surface area contributed by atoms with Crippen LogP contribution in [0, 0.1) is 5.92 Å². The van der Waals surface area contributed by atoms with Crippen molar-refractivity contribution in [1.29, 1.82) is 0 Å². The van der Waals surface area contributed by atoms with E-state index in [0.29, 0.717) is 5.92 Å². The minimum Gasteiger partial charge on any atom is -0.302 e. The highest BCUT2D eigenvalue weighted by Crippen LogP contribution is 2.14. The number of hydrazine groups is 1. The molecule has 0 amide bonds. The van der Waals surface area contributed by atoms with Crippen LogP contribution in [0.4, 0.5) is 0 Å². The Morgan fingerprint density at radius 1 is 1.56 bits per heavy atom. The van der Waals surface area contributed by atoms with Crippen LogP contribution in [-0.4, -0.2) is 35.6 Å². The van der Waals surface area contributed by atoms with E-state index < -0.39 is 0 Å². The normalized spacial score (nSPS) is 29.9. The number of hydrogen-bond acceptors (Lipinski definition) is 2. The molecular weight excluding hydrogens is 132 g/mol. The third kappa shape index (κ3) is 1.07. The summed E-state index contributed by atoms with van der Waals surface area (Å²) in [6.07, 6.45) is 0. The van der Waals surface area contributed by atoms with Crippen molar-refractivity contribution < 1.29 is 0 Å². The first-order valence-corrected chi connectivity index (χ1v) is 3.52. The van der Waals surface area contributed by atoms with E-state index in [1.54, 1.807) is 0 Å². The summed E-state index contributed by atoms with van der Waals surface area (Å²) < 4.78 is 0. The van der Waals surface area contributed by atoms with Crippen molar-refractivity contribution in [2.24, 2.45) is 5.92 Å². The molecule has 0 spiro atoms. The number of hydrogen-bond donors (Lipinski definition) is 0. The highest BCUT2D eigenvalue weighted by molar-refractivity contribution is 7.80. The van der Waals surface area contributed by atoms with Crippen molar-refractivity contribution >= 4 is 17.2 Å². The Balaban J connectivity index is 2.65. The Morgan fingerprint density at radius 3 is 2.22 bits per heavy atom. The van der Waals surface area contributed by atoms with Gasteiger partial charge in [0.25, 0.3) is 0 Å². The topological polar surface area (TPSA) is 6.48 Å². The van der Waals surface area contributed by atoms with E-state index in [4.69, 9.17) is 12.2 Å². The molecule has 0 aromatic rings. The molecule has 0 N–H and O–H groups in total. The van der Waals surface area contributed by atoms with Crippen LogP contribution in [0.1, 0.15) is 6.92 Å². The Bertz CT molecular complexity index is 135. The van der Waals surface area contributed by atoms with E-state index >= 15 is 0 Å². The van der Waals surface area contributed by atoms with Gasteiger partial charge in [-0.1, -0.05) is 19.1 Å². The fourth-order valence-corrected chi connectivity index (χ4v) is 1.30.